The molecule has 2 atom stereocenters. The zero-order valence-electron chi connectivity index (χ0n) is 10.4. The smallest absolute Gasteiger partial charge is 0.110 e. The Hall–Kier alpha value is -0.160. The van der Waals surface area contributed by atoms with Crippen LogP contribution in [0.1, 0.15) is 37.0 Å². The second kappa shape index (κ2) is 6.14. The summed E-state index contributed by atoms with van der Waals surface area (Å²) in [5.74, 6) is 0.504. The molecular formula is C12H19ClN2OS. The molecule has 0 aliphatic carbocycles. The molecule has 0 amide bonds. The SMILES string of the molecule is CCC1CN(C(C)c2nc(CCl)cs2)CCO1. The molecule has 96 valence electrons. The lowest BCUT2D eigenvalue weighted by molar-refractivity contribution is -0.0425. The largest absolute Gasteiger partial charge is 0.376 e. The first kappa shape index (κ1) is 13.3. The highest BCUT2D eigenvalue weighted by atomic mass is 35.5. The van der Waals surface area contributed by atoms with Crippen molar-refractivity contribution < 1.29 is 4.74 Å². The summed E-state index contributed by atoms with van der Waals surface area (Å²) in [6.07, 6.45) is 1.45. The third kappa shape index (κ3) is 3.19. The second-order valence-corrected chi connectivity index (χ2v) is 5.54. The van der Waals surface area contributed by atoms with Crippen LogP contribution in [0.2, 0.25) is 0 Å². The van der Waals surface area contributed by atoms with E-state index >= 15 is 0 Å². The van der Waals surface area contributed by atoms with Crippen molar-refractivity contribution in [3.63, 3.8) is 0 Å². The van der Waals surface area contributed by atoms with Gasteiger partial charge in [0.15, 0.2) is 0 Å². The molecule has 2 rings (SSSR count). The number of hydrogen-bond acceptors (Lipinski definition) is 4. The van der Waals surface area contributed by atoms with Gasteiger partial charge in [0.1, 0.15) is 5.01 Å². The average Bonchev–Trinajstić information content (AvgIpc) is 2.86. The Kier molecular flexibility index (Phi) is 4.79. The van der Waals surface area contributed by atoms with E-state index < -0.39 is 0 Å². The van der Waals surface area contributed by atoms with Crippen molar-refractivity contribution in [3.05, 3.63) is 16.1 Å². The minimum Gasteiger partial charge on any atom is -0.376 e. The zero-order valence-corrected chi connectivity index (χ0v) is 11.9. The second-order valence-electron chi connectivity index (χ2n) is 4.38. The minimum atomic E-state index is 0.370. The molecule has 17 heavy (non-hydrogen) atoms. The number of hydrogen-bond donors (Lipinski definition) is 0. The van der Waals surface area contributed by atoms with Crippen molar-refractivity contribution in [3.8, 4) is 0 Å². The molecule has 1 aliphatic rings. The summed E-state index contributed by atoms with van der Waals surface area (Å²) >= 11 is 7.49. The van der Waals surface area contributed by atoms with Gasteiger partial charge in [0.25, 0.3) is 0 Å². The van der Waals surface area contributed by atoms with E-state index in [1.807, 2.05) is 0 Å². The average molecular weight is 275 g/mol. The van der Waals surface area contributed by atoms with Crippen LogP contribution in [0, 0.1) is 0 Å². The molecule has 2 heterocycles. The molecule has 1 fully saturated rings. The molecular weight excluding hydrogens is 256 g/mol. The van der Waals surface area contributed by atoms with Gasteiger partial charge in [-0.3, -0.25) is 4.90 Å². The summed E-state index contributed by atoms with van der Waals surface area (Å²) in [6, 6.07) is 0.370. The first-order valence-electron chi connectivity index (χ1n) is 6.10. The van der Waals surface area contributed by atoms with Crippen molar-refractivity contribution in [2.75, 3.05) is 19.7 Å². The zero-order chi connectivity index (χ0) is 12.3. The molecule has 0 N–H and O–H groups in total. The van der Waals surface area contributed by atoms with Crippen LogP contribution in [-0.2, 0) is 10.6 Å². The molecule has 1 saturated heterocycles. The third-order valence-corrected chi connectivity index (χ3v) is 4.57. The fraction of sp³-hybridized carbons (Fsp3) is 0.750. The van der Waals surface area contributed by atoms with E-state index in [0.717, 1.165) is 36.8 Å². The number of alkyl halides is 1. The van der Waals surface area contributed by atoms with Crippen molar-refractivity contribution in [2.24, 2.45) is 0 Å². The predicted molar refractivity (Wildman–Crippen MR) is 71.7 cm³/mol. The van der Waals surface area contributed by atoms with Crippen LogP contribution in [0.5, 0.6) is 0 Å². The summed E-state index contributed by atoms with van der Waals surface area (Å²) in [7, 11) is 0. The van der Waals surface area contributed by atoms with E-state index in [2.05, 4.69) is 29.1 Å². The Morgan fingerprint density at radius 2 is 2.53 bits per heavy atom. The molecule has 1 aliphatic heterocycles. The van der Waals surface area contributed by atoms with Gasteiger partial charge in [-0.15, -0.1) is 22.9 Å². The maximum absolute atomic E-state index is 5.79. The summed E-state index contributed by atoms with van der Waals surface area (Å²) in [5.41, 5.74) is 0.985. The van der Waals surface area contributed by atoms with Gasteiger partial charge in [0.2, 0.25) is 0 Å². The van der Waals surface area contributed by atoms with E-state index in [9.17, 15) is 0 Å². The number of morpholine rings is 1. The fourth-order valence-electron chi connectivity index (χ4n) is 2.07. The summed E-state index contributed by atoms with van der Waals surface area (Å²) in [5, 5.41) is 3.22. The maximum atomic E-state index is 5.79. The quantitative estimate of drug-likeness (QED) is 0.789. The van der Waals surface area contributed by atoms with Crippen LogP contribution in [0.25, 0.3) is 0 Å². The van der Waals surface area contributed by atoms with Gasteiger partial charge in [-0.2, -0.15) is 0 Å². The topological polar surface area (TPSA) is 25.4 Å². The highest BCUT2D eigenvalue weighted by molar-refractivity contribution is 7.09. The number of rotatable bonds is 4. The number of nitrogens with zero attached hydrogens (tertiary/aromatic N) is 2. The maximum Gasteiger partial charge on any atom is 0.110 e. The Morgan fingerprint density at radius 3 is 3.18 bits per heavy atom. The first-order valence-corrected chi connectivity index (χ1v) is 7.52. The van der Waals surface area contributed by atoms with Gasteiger partial charge in [-0.25, -0.2) is 4.98 Å². The van der Waals surface area contributed by atoms with Gasteiger partial charge in [-0.05, 0) is 13.3 Å². The van der Waals surface area contributed by atoms with Gasteiger partial charge in [0.05, 0.1) is 30.3 Å². The highest BCUT2D eigenvalue weighted by Gasteiger charge is 2.25. The van der Waals surface area contributed by atoms with Crippen LogP contribution in [0.4, 0.5) is 0 Å². The fourth-order valence-corrected chi connectivity index (χ4v) is 3.21. The predicted octanol–water partition coefficient (Wildman–Crippen LogP) is 3.05. The van der Waals surface area contributed by atoms with E-state index in [1.54, 1.807) is 11.3 Å². The van der Waals surface area contributed by atoms with Crippen molar-refractivity contribution >= 4 is 22.9 Å². The van der Waals surface area contributed by atoms with Crippen LogP contribution < -0.4 is 0 Å². The number of aromatic nitrogens is 1. The van der Waals surface area contributed by atoms with Gasteiger partial charge in [-0.1, -0.05) is 6.92 Å². The molecule has 0 bridgehead atoms. The van der Waals surface area contributed by atoms with Crippen LogP contribution in [-0.4, -0.2) is 35.7 Å². The number of halogens is 1. The Labute approximate surface area is 112 Å². The molecule has 3 nitrogen and oxygen atoms in total. The molecule has 0 spiro atoms. The molecule has 0 saturated carbocycles. The Balaban J connectivity index is 2.00. The standard InChI is InChI=1S/C12H19ClN2OS/c1-3-11-7-15(4-5-16-11)9(2)12-14-10(6-13)8-17-12/h8-9,11H,3-7H2,1-2H3. The van der Waals surface area contributed by atoms with E-state index in [-0.39, 0.29) is 0 Å². The van der Waals surface area contributed by atoms with Crippen molar-refractivity contribution in [1.82, 2.24) is 9.88 Å². The minimum absolute atomic E-state index is 0.370. The third-order valence-electron chi connectivity index (χ3n) is 3.24. The van der Waals surface area contributed by atoms with E-state index in [1.165, 1.54) is 0 Å². The molecule has 1 aromatic heterocycles. The summed E-state index contributed by atoms with van der Waals surface area (Å²) < 4.78 is 5.69. The lowest BCUT2D eigenvalue weighted by Gasteiger charge is -2.35. The molecule has 5 heteroatoms. The monoisotopic (exact) mass is 274 g/mol. The number of thiazole rings is 1. The summed E-state index contributed by atoms with van der Waals surface area (Å²) in [4.78, 5) is 7.01. The van der Waals surface area contributed by atoms with Gasteiger partial charge < -0.3 is 4.74 Å². The normalized spacial score (nSPS) is 23.8. The van der Waals surface area contributed by atoms with Crippen LogP contribution in [0.15, 0.2) is 5.38 Å². The molecule has 0 radical (unpaired) electrons. The Morgan fingerprint density at radius 1 is 1.71 bits per heavy atom. The van der Waals surface area contributed by atoms with Crippen molar-refractivity contribution in [2.45, 2.75) is 38.3 Å². The first-order chi connectivity index (χ1) is 8.24. The highest BCUT2D eigenvalue weighted by Crippen LogP contribution is 2.26. The van der Waals surface area contributed by atoms with Crippen molar-refractivity contribution in [1.29, 1.82) is 0 Å². The molecule has 1 aromatic rings. The molecule has 2 unspecified atom stereocenters. The van der Waals surface area contributed by atoms with Crippen LogP contribution >= 0.6 is 22.9 Å². The lowest BCUT2D eigenvalue weighted by atomic mass is 10.2. The van der Waals surface area contributed by atoms with Gasteiger partial charge >= 0.3 is 0 Å². The lowest BCUT2D eigenvalue weighted by Crippen LogP contribution is -2.43. The summed E-state index contributed by atoms with van der Waals surface area (Å²) in [6.45, 7) is 7.22. The van der Waals surface area contributed by atoms with E-state index in [4.69, 9.17) is 16.3 Å². The van der Waals surface area contributed by atoms with E-state index in [0.29, 0.717) is 18.0 Å². The van der Waals surface area contributed by atoms with Crippen LogP contribution in [0.3, 0.4) is 0 Å². The number of ether oxygens (including phenoxy) is 1. The Bertz CT molecular complexity index is 358. The molecule has 0 aromatic carbocycles. The van der Waals surface area contributed by atoms with Gasteiger partial charge in [0, 0.05) is 18.5 Å².